The fourth-order valence-electron chi connectivity index (χ4n) is 0.972. The van der Waals surface area contributed by atoms with E-state index in [4.69, 9.17) is 9.84 Å². The number of rotatable bonds is 8. The minimum absolute atomic E-state index is 0.0201. The fraction of sp³-hybridized carbons (Fsp3) is 1.00. The van der Waals surface area contributed by atoms with Gasteiger partial charge in [-0.3, -0.25) is 0 Å². The van der Waals surface area contributed by atoms with Crippen molar-refractivity contribution in [3.63, 3.8) is 0 Å². The SMILES string of the molecule is CCOCCNCC(C)(CC)CO. The summed E-state index contributed by atoms with van der Waals surface area (Å²) in [6.45, 7) is 9.65. The number of hydrogen-bond donors (Lipinski definition) is 2. The van der Waals surface area contributed by atoms with Crippen LogP contribution in [-0.2, 0) is 4.74 Å². The van der Waals surface area contributed by atoms with Crippen LogP contribution in [0.4, 0.5) is 0 Å². The average Bonchev–Trinajstić information content (AvgIpc) is 2.17. The monoisotopic (exact) mass is 189 g/mol. The molecule has 0 bridgehead atoms. The highest BCUT2D eigenvalue weighted by molar-refractivity contribution is 4.73. The second-order valence-electron chi connectivity index (χ2n) is 3.70. The number of aliphatic hydroxyl groups is 1. The Kier molecular flexibility index (Phi) is 7.23. The van der Waals surface area contributed by atoms with Crippen molar-refractivity contribution in [3.05, 3.63) is 0 Å². The first-order chi connectivity index (χ1) is 6.18. The summed E-state index contributed by atoms with van der Waals surface area (Å²) in [5, 5.41) is 12.4. The molecule has 0 fully saturated rings. The zero-order valence-electron chi connectivity index (χ0n) is 9.10. The predicted octanol–water partition coefficient (Wildman–Crippen LogP) is 1.02. The summed E-state index contributed by atoms with van der Waals surface area (Å²) >= 11 is 0. The first-order valence-electron chi connectivity index (χ1n) is 5.08. The summed E-state index contributed by atoms with van der Waals surface area (Å²) in [4.78, 5) is 0. The molecule has 0 heterocycles. The van der Waals surface area contributed by atoms with E-state index in [1.807, 2.05) is 6.92 Å². The van der Waals surface area contributed by atoms with Crippen LogP contribution in [-0.4, -0.2) is 38.0 Å². The van der Waals surface area contributed by atoms with Crippen LogP contribution in [0.1, 0.15) is 27.2 Å². The van der Waals surface area contributed by atoms with Crippen LogP contribution >= 0.6 is 0 Å². The molecule has 0 aromatic heterocycles. The molecular formula is C10H23NO2. The first kappa shape index (κ1) is 12.9. The Hall–Kier alpha value is -0.120. The van der Waals surface area contributed by atoms with Gasteiger partial charge in [0.25, 0.3) is 0 Å². The second-order valence-corrected chi connectivity index (χ2v) is 3.70. The Bertz CT molecular complexity index is 113. The molecule has 0 spiro atoms. The highest BCUT2D eigenvalue weighted by Gasteiger charge is 2.19. The lowest BCUT2D eigenvalue weighted by molar-refractivity contribution is 0.121. The summed E-state index contributed by atoms with van der Waals surface area (Å²) in [6.07, 6.45) is 0.991. The molecule has 0 aliphatic heterocycles. The molecule has 0 aliphatic carbocycles. The molecule has 3 nitrogen and oxygen atoms in total. The van der Waals surface area contributed by atoms with Gasteiger partial charge in [-0.1, -0.05) is 13.8 Å². The highest BCUT2D eigenvalue weighted by Crippen LogP contribution is 2.17. The van der Waals surface area contributed by atoms with Gasteiger partial charge < -0.3 is 15.2 Å². The highest BCUT2D eigenvalue weighted by atomic mass is 16.5. The molecule has 3 heteroatoms. The van der Waals surface area contributed by atoms with Crippen molar-refractivity contribution in [1.29, 1.82) is 0 Å². The Labute approximate surface area is 81.5 Å². The Morgan fingerprint density at radius 3 is 2.54 bits per heavy atom. The summed E-state index contributed by atoms with van der Waals surface area (Å²) in [6, 6.07) is 0. The summed E-state index contributed by atoms with van der Waals surface area (Å²) in [7, 11) is 0. The van der Waals surface area contributed by atoms with Gasteiger partial charge in [-0.2, -0.15) is 0 Å². The molecule has 0 aromatic rings. The van der Waals surface area contributed by atoms with Gasteiger partial charge in [0.1, 0.15) is 0 Å². The quantitative estimate of drug-likeness (QED) is 0.560. The standard InChI is InChI=1S/C10H23NO2/c1-4-10(3,9-12)8-11-6-7-13-5-2/h11-12H,4-9H2,1-3H3. The van der Waals surface area contributed by atoms with E-state index >= 15 is 0 Å². The Morgan fingerprint density at radius 2 is 2.08 bits per heavy atom. The molecule has 0 saturated heterocycles. The minimum atomic E-state index is 0.0201. The molecule has 0 amide bonds. The predicted molar refractivity (Wildman–Crippen MR) is 54.8 cm³/mol. The molecule has 13 heavy (non-hydrogen) atoms. The summed E-state index contributed by atoms with van der Waals surface area (Å²) in [5.41, 5.74) is 0.0201. The van der Waals surface area contributed by atoms with E-state index in [2.05, 4.69) is 19.2 Å². The zero-order chi connectivity index (χ0) is 10.2. The maximum absolute atomic E-state index is 9.12. The molecule has 80 valence electrons. The average molecular weight is 189 g/mol. The lowest BCUT2D eigenvalue weighted by Gasteiger charge is -2.25. The van der Waals surface area contributed by atoms with Gasteiger partial charge in [-0.25, -0.2) is 0 Å². The van der Waals surface area contributed by atoms with Crippen molar-refractivity contribution in [3.8, 4) is 0 Å². The van der Waals surface area contributed by atoms with E-state index in [0.717, 1.165) is 32.7 Å². The van der Waals surface area contributed by atoms with E-state index in [-0.39, 0.29) is 12.0 Å². The molecule has 1 atom stereocenters. The molecular weight excluding hydrogens is 166 g/mol. The topological polar surface area (TPSA) is 41.5 Å². The third-order valence-corrected chi connectivity index (χ3v) is 2.41. The molecule has 1 unspecified atom stereocenters. The van der Waals surface area contributed by atoms with Crippen LogP contribution < -0.4 is 5.32 Å². The number of hydrogen-bond acceptors (Lipinski definition) is 3. The Morgan fingerprint density at radius 1 is 1.38 bits per heavy atom. The van der Waals surface area contributed by atoms with Gasteiger partial charge in [0, 0.05) is 31.7 Å². The smallest absolute Gasteiger partial charge is 0.0590 e. The molecule has 0 radical (unpaired) electrons. The molecule has 0 aliphatic rings. The number of ether oxygens (including phenoxy) is 1. The van der Waals surface area contributed by atoms with Gasteiger partial charge in [-0.15, -0.1) is 0 Å². The van der Waals surface area contributed by atoms with Crippen molar-refractivity contribution >= 4 is 0 Å². The maximum atomic E-state index is 9.12. The molecule has 0 saturated carbocycles. The van der Waals surface area contributed by atoms with Crippen LogP contribution in [0, 0.1) is 5.41 Å². The van der Waals surface area contributed by atoms with Gasteiger partial charge in [0.15, 0.2) is 0 Å². The van der Waals surface area contributed by atoms with Crippen LogP contribution in [0.5, 0.6) is 0 Å². The number of nitrogens with one attached hydrogen (secondary N) is 1. The van der Waals surface area contributed by atoms with Gasteiger partial charge in [0.2, 0.25) is 0 Å². The third-order valence-electron chi connectivity index (χ3n) is 2.41. The van der Waals surface area contributed by atoms with Gasteiger partial charge in [-0.05, 0) is 13.3 Å². The molecule has 0 rings (SSSR count). The van der Waals surface area contributed by atoms with E-state index < -0.39 is 0 Å². The molecule has 2 N–H and O–H groups in total. The number of aliphatic hydroxyl groups excluding tert-OH is 1. The van der Waals surface area contributed by atoms with E-state index in [1.165, 1.54) is 0 Å². The third kappa shape index (κ3) is 6.02. The molecule has 0 aromatic carbocycles. The second kappa shape index (κ2) is 7.30. The van der Waals surface area contributed by atoms with Crippen LogP contribution in [0.25, 0.3) is 0 Å². The van der Waals surface area contributed by atoms with E-state index in [1.54, 1.807) is 0 Å². The van der Waals surface area contributed by atoms with Crippen LogP contribution in [0.15, 0.2) is 0 Å². The summed E-state index contributed by atoms with van der Waals surface area (Å²) in [5.74, 6) is 0. The van der Waals surface area contributed by atoms with Crippen molar-refractivity contribution in [2.75, 3.05) is 32.9 Å². The normalized spacial score (nSPS) is 15.7. The van der Waals surface area contributed by atoms with Gasteiger partial charge >= 0.3 is 0 Å². The van der Waals surface area contributed by atoms with E-state index in [0.29, 0.717) is 0 Å². The Balaban J connectivity index is 3.39. The van der Waals surface area contributed by atoms with Crippen molar-refractivity contribution < 1.29 is 9.84 Å². The lowest BCUT2D eigenvalue weighted by Crippen LogP contribution is -2.35. The first-order valence-corrected chi connectivity index (χ1v) is 5.08. The summed E-state index contributed by atoms with van der Waals surface area (Å²) < 4.78 is 5.19. The fourth-order valence-corrected chi connectivity index (χ4v) is 0.972. The van der Waals surface area contributed by atoms with Crippen LogP contribution in [0.2, 0.25) is 0 Å². The minimum Gasteiger partial charge on any atom is -0.396 e. The van der Waals surface area contributed by atoms with E-state index in [9.17, 15) is 0 Å². The van der Waals surface area contributed by atoms with Crippen molar-refractivity contribution in [2.45, 2.75) is 27.2 Å². The van der Waals surface area contributed by atoms with Gasteiger partial charge in [0.05, 0.1) is 6.61 Å². The maximum Gasteiger partial charge on any atom is 0.0590 e. The van der Waals surface area contributed by atoms with Crippen molar-refractivity contribution in [2.24, 2.45) is 5.41 Å². The zero-order valence-corrected chi connectivity index (χ0v) is 9.10. The van der Waals surface area contributed by atoms with Crippen LogP contribution in [0.3, 0.4) is 0 Å². The largest absolute Gasteiger partial charge is 0.396 e. The van der Waals surface area contributed by atoms with Crippen molar-refractivity contribution in [1.82, 2.24) is 5.32 Å². The lowest BCUT2D eigenvalue weighted by atomic mass is 9.89.